The molecule has 10 heteroatoms. The fourth-order valence-corrected chi connectivity index (χ4v) is 3.94. The molecule has 1 atom stereocenters. The Morgan fingerprint density at radius 1 is 1.09 bits per heavy atom. The number of nitriles is 1. The van der Waals surface area contributed by atoms with Gasteiger partial charge >= 0.3 is 0 Å². The van der Waals surface area contributed by atoms with E-state index in [0.29, 0.717) is 23.2 Å². The molecule has 1 unspecified atom stereocenters. The van der Waals surface area contributed by atoms with Gasteiger partial charge in [0, 0.05) is 30.0 Å². The molecule has 172 valence electrons. The zero-order valence-corrected chi connectivity index (χ0v) is 20.2. The maximum absolute atomic E-state index is 11.3. The van der Waals surface area contributed by atoms with E-state index < -0.39 is 11.0 Å². The molecule has 0 saturated carbocycles. The zero-order chi connectivity index (χ0) is 24.1. The van der Waals surface area contributed by atoms with Crippen molar-refractivity contribution in [1.82, 2.24) is 9.97 Å². The van der Waals surface area contributed by atoms with Gasteiger partial charge in [-0.1, -0.05) is 29.8 Å². The van der Waals surface area contributed by atoms with E-state index in [4.69, 9.17) is 32.7 Å². The van der Waals surface area contributed by atoms with Crippen molar-refractivity contribution >= 4 is 51.0 Å². The molecule has 1 heterocycles. The van der Waals surface area contributed by atoms with E-state index >= 15 is 0 Å². The maximum Gasteiger partial charge on any atom is 0.235 e. The molecule has 0 spiro atoms. The predicted molar refractivity (Wildman–Crippen MR) is 135 cm³/mol. The Morgan fingerprint density at radius 3 is 2.56 bits per heavy atom. The summed E-state index contributed by atoms with van der Waals surface area (Å²) in [6.45, 7) is 0.246. The molecule has 0 aliphatic carbocycles. The van der Waals surface area contributed by atoms with E-state index in [-0.39, 0.29) is 23.1 Å². The summed E-state index contributed by atoms with van der Waals surface area (Å²) in [6, 6.07) is 18.6. The SMILES string of the molecule is CS(=O)Nc1ncc2cc(-c3ccc(Oc4cc(Cl)c(OCCCl)c(C#N)c4)cc3)ccc2n1. The van der Waals surface area contributed by atoms with Crippen LogP contribution in [0.4, 0.5) is 5.95 Å². The first-order valence-corrected chi connectivity index (χ1v) is 12.5. The first-order valence-electron chi connectivity index (χ1n) is 10.0. The van der Waals surface area contributed by atoms with Gasteiger partial charge in [0.25, 0.3) is 0 Å². The lowest BCUT2D eigenvalue weighted by molar-refractivity contribution is 0.341. The van der Waals surface area contributed by atoms with Crippen LogP contribution in [0.25, 0.3) is 22.0 Å². The Bertz CT molecular complexity index is 1410. The van der Waals surface area contributed by atoms with Crippen molar-refractivity contribution in [2.24, 2.45) is 0 Å². The number of benzene rings is 3. The van der Waals surface area contributed by atoms with Crippen LogP contribution in [-0.2, 0) is 11.0 Å². The molecule has 0 fully saturated rings. The van der Waals surface area contributed by atoms with Crippen molar-refractivity contribution < 1.29 is 13.7 Å². The van der Waals surface area contributed by atoms with Gasteiger partial charge in [0.15, 0.2) is 5.75 Å². The molecule has 0 saturated heterocycles. The molecule has 4 rings (SSSR count). The van der Waals surface area contributed by atoms with Gasteiger partial charge in [-0.2, -0.15) is 5.26 Å². The molecule has 7 nitrogen and oxygen atoms in total. The molecule has 1 N–H and O–H groups in total. The van der Waals surface area contributed by atoms with Gasteiger partial charge in [-0.15, -0.1) is 11.6 Å². The van der Waals surface area contributed by atoms with Gasteiger partial charge in [0.1, 0.15) is 35.2 Å². The quantitative estimate of drug-likeness (QED) is 0.293. The number of halogens is 2. The molecule has 3 aromatic carbocycles. The number of hydrogen-bond acceptors (Lipinski definition) is 6. The van der Waals surface area contributed by atoms with Crippen LogP contribution >= 0.6 is 23.2 Å². The van der Waals surface area contributed by atoms with Crippen molar-refractivity contribution in [1.29, 1.82) is 5.26 Å². The number of nitrogens with zero attached hydrogens (tertiary/aromatic N) is 3. The summed E-state index contributed by atoms with van der Waals surface area (Å²) in [4.78, 5) is 8.57. The van der Waals surface area contributed by atoms with Gasteiger partial charge in [-0.25, -0.2) is 14.2 Å². The topological polar surface area (TPSA) is 97.1 Å². The Hall–Kier alpha value is -3.38. The van der Waals surface area contributed by atoms with Gasteiger partial charge < -0.3 is 9.47 Å². The highest BCUT2D eigenvalue weighted by Crippen LogP contribution is 2.35. The second-order valence-electron chi connectivity index (χ2n) is 7.08. The number of rotatable bonds is 8. The number of alkyl halides is 1. The fraction of sp³-hybridized carbons (Fsp3) is 0.125. The van der Waals surface area contributed by atoms with Gasteiger partial charge in [0.2, 0.25) is 5.95 Å². The molecule has 4 aromatic rings. The van der Waals surface area contributed by atoms with E-state index in [0.717, 1.165) is 22.0 Å². The highest BCUT2D eigenvalue weighted by Gasteiger charge is 2.13. The Morgan fingerprint density at radius 2 is 1.85 bits per heavy atom. The van der Waals surface area contributed by atoms with Crippen LogP contribution in [0.15, 0.2) is 60.8 Å². The van der Waals surface area contributed by atoms with Gasteiger partial charge in [-0.05, 0) is 35.4 Å². The van der Waals surface area contributed by atoms with Crippen molar-refractivity contribution in [2.75, 3.05) is 23.5 Å². The molecule has 1 aromatic heterocycles. The highest BCUT2D eigenvalue weighted by atomic mass is 35.5. The summed E-state index contributed by atoms with van der Waals surface area (Å²) in [7, 11) is -1.24. The number of ether oxygens (including phenoxy) is 2. The molecular formula is C24H18Cl2N4O3S. The Kier molecular flexibility index (Phi) is 7.48. The number of fused-ring (bicyclic) bond motifs is 1. The largest absolute Gasteiger partial charge is 0.489 e. The van der Waals surface area contributed by atoms with E-state index in [1.54, 1.807) is 18.3 Å². The lowest BCUT2D eigenvalue weighted by atomic mass is 10.0. The van der Waals surface area contributed by atoms with E-state index in [2.05, 4.69) is 20.8 Å². The lowest BCUT2D eigenvalue weighted by Gasteiger charge is -2.12. The first-order chi connectivity index (χ1) is 16.5. The second-order valence-corrected chi connectivity index (χ2v) is 8.98. The average Bonchev–Trinajstić information content (AvgIpc) is 2.83. The van der Waals surface area contributed by atoms with Crippen LogP contribution < -0.4 is 14.2 Å². The zero-order valence-electron chi connectivity index (χ0n) is 17.9. The number of aromatic nitrogens is 2. The van der Waals surface area contributed by atoms with Crippen molar-refractivity contribution in [3.8, 4) is 34.4 Å². The van der Waals surface area contributed by atoms with Crippen molar-refractivity contribution in [3.63, 3.8) is 0 Å². The standard InChI is InChI=1S/C24H18Cl2N4O3S/c1-34(31)30-24-28-14-18-10-16(4-7-22(18)29-24)15-2-5-19(6-3-15)33-20-11-17(13-27)23(21(26)12-20)32-9-8-25/h2-7,10-12,14H,8-9H2,1H3,(H,28,29,30). The lowest BCUT2D eigenvalue weighted by Crippen LogP contribution is -2.05. The van der Waals surface area contributed by atoms with E-state index in [1.807, 2.05) is 42.5 Å². The number of anilines is 1. The van der Waals surface area contributed by atoms with E-state index in [1.165, 1.54) is 6.26 Å². The summed E-state index contributed by atoms with van der Waals surface area (Å²) in [5, 5.41) is 10.6. The molecule has 0 bridgehead atoms. The molecule has 0 radical (unpaired) electrons. The van der Waals surface area contributed by atoms with Crippen LogP contribution in [-0.4, -0.2) is 32.9 Å². The van der Waals surface area contributed by atoms with Gasteiger partial charge in [-0.3, -0.25) is 4.72 Å². The minimum Gasteiger partial charge on any atom is -0.489 e. The smallest absolute Gasteiger partial charge is 0.235 e. The predicted octanol–water partition coefficient (Wildman–Crippen LogP) is 5.94. The van der Waals surface area contributed by atoms with Crippen LogP contribution in [0.1, 0.15) is 5.56 Å². The summed E-state index contributed by atoms with van der Waals surface area (Å²) in [5.41, 5.74) is 2.98. The monoisotopic (exact) mass is 512 g/mol. The minimum atomic E-state index is -1.24. The second kappa shape index (κ2) is 10.7. The highest BCUT2D eigenvalue weighted by molar-refractivity contribution is 7.85. The van der Waals surface area contributed by atoms with Crippen LogP contribution in [0.2, 0.25) is 5.02 Å². The molecular weight excluding hydrogens is 495 g/mol. The third-order valence-electron chi connectivity index (χ3n) is 4.70. The normalized spacial score (nSPS) is 11.6. The fourth-order valence-electron chi connectivity index (χ4n) is 3.24. The summed E-state index contributed by atoms with van der Waals surface area (Å²) in [5.74, 6) is 1.91. The molecule has 0 aliphatic rings. The molecule has 0 amide bonds. The minimum absolute atomic E-state index is 0.246. The Labute approximate surface area is 208 Å². The molecule has 34 heavy (non-hydrogen) atoms. The van der Waals surface area contributed by atoms with Crippen molar-refractivity contribution in [3.05, 3.63) is 71.4 Å². The average molecular weight is 513 g/mol. The van der Waals surface area contributed by atoms with Gasteiger partial charge in [0.05, 0.1) is 22.0 Å². The summed E-state index contributed by atoms with van der Waals surface area (Å²) in [6.07, 6.45) is 3.21. The van der Waals surface area contributed by atoms with Crippen LogP contribution in [0.5, 0.6) is 17.2 Å². The van der Waals surface area contributed by atoms with Crippen LogP contribution in [0, 0.1) is 11.3 Å². The number of nitrogens with one attached hydrogen (secondary N) is 1. The number of hydrogen-bond donors (Lipinski definition) is 1. The van der Waals surface area contributed by atoms with Crippen LogP contribution in [0.3, 0.4) is 0 Å². The first kappa shape index (κ1) is 23.8. The maximum atomic E-state index is 11.3. The third-order valence-corrected chi connectivity index (χ3v) is 5.60. The third kappa shape index (κ3) is 5.57. The summed E-state index contributed by atoms with van der Waals surface area (Å²) >= 11 is 11.9. The summed E-state index contributed by atoms with van der Waals surface area (Å²) < 4.78 is 25.4. The van der Waals surface area contributed by atoms with Crippen molar-refractivity contribution in [2.45, 2.75) is 0 Å². The molecule has 0 aliphatic heterocycles. The Balaban J connectivity index is 1.53. The van der Waals surface area contributed by atoms with E-state index in [9.17, 15) is 9.47 Å².